The fraction of sp³-hybridized carbons (Fsp3) is 0.150. The minimum absolute atomic E-state index is 0.221. The summed E-state index contributed by atoms with van der Waals surface area (Å²) in [7, 11) is 0. The van der Waals surface area contributed by atoms with Crippen molar-refractivity contribution in [1.82, 2.24) is 15.1 Å². The SMILES string of the molecule is C[C@H](NC(=O)c1ccc(=O)n(-c2ccccc2F)n1)c1cc([N+](=O)[O-])cc(C(F)(F)F)c1Cl. The number of nitro groups is 1. The van der Waals surface area contributed by atoms with Crippen molar-refractivity contribution in [2.24, 2.45) is 0 Å². The lowest BCUT2D eigenvalue weighted by Gasteiger charge is -2.18. The molecule has 1 N–H and O–H groups in total. The van der Waals surface area contributed by atoms with Gasteiger partial charge in [0.2, 0.25) is 0 Å². The lowest BCUT2D eigenvalue weighted by atomic mass is 10.0. The molecule has 1 amide bonds. The number of benzene rings is 2. The van der Waals surface area contributed by atoms with Gasteiger partial charge in [-0.1, -0.05) is 23.7 Å². The molecule has 2 aromatic carbocycles. The average Bonchev–Trinajstić information content (AvgIpc) is 2.73. The molecule has 1 aromatic heterocycles. The average molecular weight is 485 g/mol. The van der Waals surface area contributed by atoms with Crippen LogP contribution in [0.2, 0.25) is 5.02 Å². The van der Waals surface area contributed by atoms with Gasteiger partial charge in [0.05, 0.1) is 21.6 Å². The van der Waals surface area contributed by atoms with E-state index in [9.17, 15) is 37.3 Å². The highest BCUT2D eigenvalue weighted by Gasteiger charge is 2.37. The van der Waals surface area contributed by atoms with Gasteiger partial charge in [0.1, 0.15) is 17.2 Å². The van der Waals surface area contributed by atoms with Gasteiger partial charge < -0.3 is 5.32 Å². The first-order valence-electron chi connectivity index (χ1n) is 9.11. The van der Waals surface area contributed by atoms with Gasteiger partial charge >= 0.3 is 6.18 Å². The third-order valence-corrected chi connectivity index (χ3v) is 4.95. The van der Waals surface area contributed by atoms with Crippen LogP contribution in [0.15, 0.2) is 53.3 Å². The van der Waals surface area contributed by atoms with Crippen LogP contribution < -0.4 is 10.9 Å². The Morgan fingerprint density at radius 2 is 1.88 bits per heavy atom. The molecule has 0 spiro atoms. The van der Waals surface area contributed by atoms with Gasteiger partial charge in [0, 0.05) is 23.8 Å². The van der Waals surface area contributed by atoms with E-state index >= 15 is 0 Å². The summed E-state index contributed by atoms with van der Waals surface area (Å²) in [5.74, 6) is -1.72. The maximum absolute atomic E-state index is 14.0. The topological polar surface area (TPSA) is 107 Å². The second kappa shape index (κ2) is 8.98. The molecule has 0 bridgehead atoms. The number of nitro benzene ring substituents is 1. The Balaban J connectivity index is 1.97. The van der Waals surface area contributed by atoms with Crippen molar-refractivity contribution < 1.29 is 27.3 Å². The molecule has 13 heteroatoms. The molecule has 3 rings (SSSR count). The molecule has 0 aliphatic heterocycles. The molecule has 172 valence electrons. The van der Waals surface area contributed by atoms with Crippen molar-refractivity contribution in [3.63, 3.8) is 0 Å². The van der Waals surface area contributed by atoms with Crippen LogP contribution in [0.25, 0.3) is 5.69 Å². The largest absolute Gasteiger partial charge is 0.418 e. The summed E-state index contributed by atoms with van der Waals surface area (Å²) in [4.78, 5) is 34.8. The number of amides is 1. The molecule has 0 aliphatic rings. The number of halogens is 5. The van der Waals surface area contributed by atoms with Crippen LogP contribution in [0.1, 0.15) is 34.6 Å². The molecular weight excluding hydrogens is 472 g/mol. The molecule has 0 aliphatic carbocycles. The Bertz CT molecular complexity index is 1310. The summed E-state index contributed by atoms with van der Waals surface area (Å²) < 4.78 is 54.5. The molecule has 1 atom stereocenters. The van der Waals surface area contributed by atoms with Crippen LogP contribution in [0.3, 0.4) is 0 Å². The summed E-state index contributed by atoms with van der Waals surface area (Å²) in [6, 6.07) is 7.07. The van der Waals surface area contributed by atoms with E-state index in [1.54, 1.807) is 0 Å². The van der Waals surface area contributed by atoms with Crippen LogP contribution in [0, 0.1) is 15.9 Å². The number of non-ortho nitro benzene ring substituents is 1. The predicted molar refractivity (Wildman–Crippen MR) is 109 cm³/mol. The number of carbonyl (C=O) groups excluding carboxylic acids is 1. The standard InChI is InChI=1S/C20H13ClF4N4O4/c1-10(12-8-11(29(32)33)9-13(18(12)21)20(23,24)25)26-19(31)15-6-7-17(30)28(27-15)16-5-3-2-4-14(16)22/h2-10H,1H3,(H,26,31)/t10-/m0/s1. The summed E-state index contributed by atoms with van der Waals surface area (Å²) >= 11 is 5.84. The van der Waals surface area contributed by atoms with Crippen molar-refractivity contribution in [3.8, 4) is 5.69 Å². The van der Waals surface area contributed by atoms with Gasteiger partial charge in [-0.3, -0.25) is 19.7 Å². The zero-order valence-corrected chi connectivity index (χ0v) is 17.3. The molecule has 0 saturated carbocycles. The number of nitrogens with zero attached hydrogens (tertiary/aromatic N) is 3. The lowest BCUT2D eigenvalue weighted by molar-refractivity contribution is -0.385. The number of hydrogen-bond donors (Lipinski definition) is 1. The first-order valence-corrected chi connectivity index (χ1v) is 9.49. The fourth-order valence-electron chi connectivity index (χ4n) is 2.93. The minimum Gasteiger partial charge on any atom is -0.344 e. The van der Waals surface area contributed by atoms with Crippen molar-refractivity contribution in [1.29, 1.82) is 0 Å². The number of aromatic nitrogens is 2. The van der Waals surface area contributed by atoms with Gasteiger partial charge in [-0.25, -0.2) is 4.39 Å². The monoisotopic (exact) mass is 484 g/mol. The molecular formula is C20H13ClF4N4O4. The highest BCUT2D eigenvalue weighted by atomic mass is 35.5. The van der Waals surface area contributed by atoms with Crippen LogP contribution in [-0.4, -0.2) is 20.6 Å². The van der Waals surface area contributed by atoms with Gasteiger partial charge in [0.15, 0.2) is 0 Å². The van der Waals surface area contributed by atoms with E-state index in [0.29, 0.717) is 10.7 Å². The van der Waals surface area contributed by atoms with Gasteiger partial charge in [-0.2, -0.15) is 23.0 Å². The molecule has 0 unspecified atom stereocenters. The molecule has 0 fully saturated rings. The van der Waals surface area contributed by atoms with E-state index in [0.717, 1.165) is 24.3 Å². The zero-order chi connectivity index (χ0) is 24.5. The number of nitrogens with one attached hydrogen (secondary N) is 1. The van der Waals surface area contributed by atoms with Gasteiger partial charge in [-0.15, -0.1) is 0 Å². The Morgan fingerprint density at radius 3 is 2.48 bits per heavy atom. The number of alkyl halides is 3. The lowest BCUT2D eigenvalue weighted by Crippen LogP contribution is -2.31. The summed E-state index contributed by atoms with van der Waals surface area (Å²) in [5, 5.41) is 16.4. The van der Waals surface area contributed by atoms with E-state index in [4.69, 9.17) is 11.6 Å². The number of rotatable bonds is 5. The van der Waals surface area contributed by atoms with E-state index in [2.05, 4.69) is 10.4 Å². The fourth-order valence-corrected chi connectivity index (χ4v) is 3.31. The van der Waals surface area contributed by atoms with E-state index in [-0.39, 0.29) is 16.9 Å². The molecule has 0 saturated heterocycles. The summed E-state index contributed by atoms with van der Waals surface area (Å²) in [6.07, 6.45) is -4.97. The van der Waals surface area contributed by atoms with Gasteiger partial charge in [0.25, 0.3) is 17.2 Å². The molecule has 0 radical (unpaired) electrons. The number of carbonyl (C=O) groups is 1. The van der Waals surface area contributed by atoms with E-state index in [1.807, 2.05) is 0 Å². The normalized spacial score (nSPS) is 12.3. The summed E-state index contributed by atoms with van der Waals surface area (Å²) in [5.41, 5.74) is -3.96. The number of para-hydroxylation sites is 1. The van der Waals surface area contributed by atoms with Crippen LogP contribution in [0.4, 0.5) is 23.2 Å². The third-order valence-electron chi connectivity index (χ3n) is 4.53. The highest BCUT2D eigenvalue weighted by molar-refractivity contribution is 6.32. The first kappa shape index (κ1) is 23.9. The van der Waals surface area contributed by atoms with E-state index in [1.165, 1.54) is 25.1 Å². The first-order chi connectivity index (χ1) is 15.4. The Labute approximate surface area is 187 Å². The predicted octanol–water partition coefficient (Wildman–Crippen LogP) is 4.44. The Morgan fingerprint density at radius 1 is 1.21 bits per heavy atom. The van der Waals surface area contributed by atoms with Crippen molar-refractivity contribution in [3.05, 3.63) is 96.7 Å². The summed E-state index contributed by atoms with van der Waals surface area (Å²) in [6.45, 7) is 1.26. The molecule has 1 heterocycles. The van der Waals surface area contributed by atoms with Crippen LogP contribution >= 0.6 is 11.6 Å². The quantitative estimate of drug-likeness (QED) is 0.327. The molecule has 3 aromatic rings. The smallest absolute Gasteiger partial charge is 0.344 e. The van der Waals surface area contributed by atoms with Crippen LogP contribution in [-0.2, 0) is 6.18 Å². The number of hydrogen-bond acceptors (Lipinski definition) is 5. The molecule has 33 heavy (non-hydrogen) atoms. The van der Waals surface area contributed by atoms with Crippen LogP contribution in [0.5, 0.6) is 0 Å². The van der Waals surface area contributed by atoms with E-state index < -0.39 is 50.7 Å². The second-order valence-electron chi connectivity index (χ2n) is 6.77. The second-order valence-corrected chi connectivity index (χ2v) is 7.14. The Hall–Kier alpha value is -3.80. The zero-order valence-electron chi connectivity index (χ0n) is 16.6. The maximum Gasteiger partial charge on any atom is 0.418 e. The van der Waals surface area contributed by atoms with Crippen molar-refractivity contribution in [2.75, 3.05) is 0 Å². The maximum atomic E-state index is 14.0. The minimum atomic E-state index is -4.97. The third kappa shape index (κ3) is 5.00. The van der Waals surface area contributed by atoms with Gasteiger partial charge in [-0.05, 0) is 25.1 Å². The highest BCUT2D eigenvalue weighted by Crippen LogP contribution is 2.40. The van der Waals surface area contributed by atoms with Crippen molar-refractivity contribution in [2.45, 2.75) is 19.1 Å². The molecule has 8 nitrogen and oxygen atoms in total. The Kier molecular flexibility index (Phi) is 6.49. The van der Waals surface area contributed by atoms with Crippen molar-refractivity contribution >= 4 is 23.2 Å².